The van der Waals surface area contributed by atoms with Crippen LogP contribution in [0.25, 0.3) is 0 Å². The van der Waals surface area contributed by atoms with E-state index in [0.717, 1.165) is 17.4 Å². The second kappa shape index (κ2) is 6.25. The maximum Gasteiger partial charge on any atom is 0.329 e. The van der Waals surface area contributed by atoms with E-state index in [1.807, 2.05) is 44.2 Å². The van der Waals surface area contributed by atoms with Gasteiger partial charge in [-0.05, 0) is 17.7 Å². The van der Waals surface area contributed by atoms with E-state index in [1.165, 1.54) is 0 Å². The maximum absolute atomic E-state index is 10.7. The van der Waals surface area contributed by atoms with Crippen LogP contribution in [-0.4, -0.2) is 36.0 Å². The average molecular weight is 302 g/mol. The largest absolute Gasteiger partial charge is 0.378 e. The van der Waals surface area contributed by atoms with E-state index in [9.17, 15) is 10.1 Å². The first kappa shape index (κ1) is 15.5. The highest BCUT2D eigenvalue weighted by molar-refractivity contribution is 5.54. The van der Waals surface area contributed by atoms with Gasteiger partial charge in [-0.2, -0.15) is 4.98 Å². The lowest BCUT2D eigenvalue weighted by molar-refractivity contribution is -0.384. The summed E-state index contributed by atoms with van der Waals surface area (Å²) in [5.74, 6) is 0.210. The van der Waals surface area contributed by atoms with Crippen LogP contribution in [0.15, 0.2) is 30.5 Å². The van der Waals surface area contributed by atoms with E-state index in [0.29, 0.717) is 12.5 Å². The molecule has 0 atom stereocenters. The van der Waals surface area contributed by atoms with Gasteiger partial charge in [0.2, 0.25) is 11.8 Å². The summed E-state index contributed by atoms with van der Waals surface area (Å²) in [6.45, 7) is 0.568. The van der Waals surface area contributed by atoms with Gasteiger partial charge in [0, 0.05) is 33.4 Å². The fraction of sp³-hybridized carbons (Fsp3) is 0.286. The molecule has 2 N–H and O–H groups in total. The zero-order valence-corrected chi connectivity index (χ0v) is 12.7. The van der Waals surface area contributed by atoms with Crippen LogP contribution in [0.2, 0.25) is 0 Å². The molecule has 1 aromatic carbocycles. The Hall–Kier alpha value is -2.90. The van der Waals surface area contributed by atoms with E-state index in [1.54, 1.807) is 4.90 Å². The van der Waals surface area contributed by atoms with Gasteiger partial charge in [0.05, 0.1) is 4.92 Å². The lowest BCUT2D eigenvalue weighted by atomic mass is 10.2. The number of rotatable bonds is 5. The highest BCUT2D eigenvalue weighted by Gasteiger charge is 2.16. The first-order chi connectivity index (χ1) is 10.4. The molecule has 2 aromatic rings. The Bertz CT molecular complexity index is 689. The van der Waals surface area contributed by atoms with Crippen molar-refractivity contribution in [2.24, 2.45) is 0 Å². The van der Waals surface area contributed by atoms with Crippen LogP contribution >= 0.6 is 0 Å². The molecule has 0 aliphatic carbocycles. The van der Waals surface area contributed by atoms with Gasteiger partial charge in [-0.15, -0.1) is 0 Å². The van der Waals surface area contributed by atoms with E-state index in [4.69, 9.17) is 5.73 Å². The molecular weight excluding hydrogens is 284 g/mol. The van der Waals surface area contributed by atoms with E-state index < -0.39 is 4.92 Å². The van der Waals surface area contributed by atoms with E-state index in [2.05, 4.69) is 16.0 Å². The van der Waals surface area contributed by atoms with Crippen molar-refractivity contribution in [3.05, 3.63) is 46.1 Å². The standard InChI is InChI=1S/C14H18N6O2/c1-18(2)11-6-4-5-10(7-11)9-19(3)14-16-8-12(20(21)22)13(15)17-14/h4-8H,9H2,1-3H3,(H2,15,16,17). The molecule has 116 valence electrons. The molecule has 8 heteroatoms. The second-order valence-corrected chi connectivity index (χ2v) is 5.12. The number of nitrogens with zero attached hydrogens (tertiary/aromatic N) is 5. The lowest BCUT2D eigenvalue weighted by Crippen LogP contribution is -2.20. The smallest absolute Gasteiger partial charge is 0.329 e. The van der Waals surface area contributed by atoms with Gasteiger partial charge in [0.25, 0.3) is 0 Å². The number of aromatic nitrogens is 2. The zero-order valence-electron chi connectivity index (χ0n) is 12.7. The van der Waals surface area contributed by atoms with Crippen LogP contribution in [0.3, 0.4) is 0 Å². The minimum Gasteiger partial charge on any atom is -0.378 e. The van der Waals surface area contributed by atoms with Crippen molar-refractivity contribution in [3.8, 4) is 0 Å². The molecule has 1 aromatic heterocycles. The van der Waals surface area contributed by atoms with Gasteiger partial charge in [-0.1, -0.05) is 12.1 Å². The number of nitro groups is 1. The molecule has 0 spiro atoms. The van der Waals surface area contributed by atoms with E-state index in [-0.39, 0.29) is 11.5 Å². The second-order valence-electron chi connectivity index (χ2n) is 5.12. The van der Waals surface area contributed by atoms with Gasteiger partial charge in [0.15, 0.2) is 0 Å². The highest BCUT2D eigenvalue weighted by Crippen LogP contribution is 2.21. The Labute approximate surface area is 128 Å². The number of nitrogens with two attached hydrogens (primary N) is 1. The predicted molar refractivity (Wildman–Crippen MR) is 86.0 cm³/mol. The van der Waals surface area contributed by atoms with Crippen molar-refractivity contribution >= 4 is 23.1 Å². The Balaban J connectivity index is 2.18. The molecule has 0 amide bonds. The molecule has 8 nitrogen and oxygen atoms in total. The van der Waals surface area contributed by atoms with Gasteiger partial charge < -0.3 is 15.5 Å². The quantitative estimate of drug-likeness (QED) is 0.662. The third-order valence-electron chi connectivity index (χ3n) is 3.17. The summed E-state index contributed by atoms with van der Waals surface area (Å²) in [5, 5.41) is 10.7. The monoisotopic (exact) mass is 302 g/mol. The molecule has 0 radical (unpaired) electrons. The van der Waals surface area contributed by atoms with Crippen LogP contribution in [0.5, 0.6) is 0 Å². The van der Waals surface area contributed by atoms with Crippen LogP contribution in [0, 0.1) is 10.1 Å². The minimum absolute atomic E-state index is 0.135. The number of nitrogen functional groups attached to an aromatic ring is 1. The third kappa shape index (κ3) is 3.40. The molecular formula is C14H18N6O2. The van der Waals surface area contributed by atoms with Gasteiger partial charge in [-0.25, -0.2) is 4.98 Å². The molecule has 0 fully saturated rings. The molecule has 0 bridgehead atoms. The van der Waals surface area contributed by atoms with Crippen LogP contribution < -0.4 is 15.5 Å². The maximum atomic E-state index is 10.7. The third-order valence-corrected chi connectivity index (χ3v) is 3.17. The normalized spacial score (nSPS) is 10.3. The molecule has 0 saturated heterocycles. The summed E-state index contributed by atoms with van der Waals surface area (Å²) in [5.41, 5.74) is 7.48. The fourth-order valence-electron chi connectivity index (χ4n) is 1.98. The number of hydrogen-bond donors (Lipinski definition) is 1. The van der Waals surface area contributed by atoms with Gasteiger partial charge in [-0.3, -0.25) is 10.1 Å². The van der Waals surface area contributed by atoms with Crippen molar-refractivity contribution in [2.45, 2.75) is 6.54 Å². The summed E-state index contributed by atoms with van der Waals surface area (Å²) >= 11 is 0. The molecule has 0 unspecified atom stereocenters. The molecule has 2 rings (SSSR count). The van der Waals surface area contributed by atoms with Gasteiger partial charge >= 0.3 is 5.69 Å². The van der Waals surface area contributed by atoms with Crippen LogP contribution in [0.4, 0.5) is 23.1 Å². The highest BCUT2D eigenvalue weighted by atomic mass is 16.6. The lowest BCUT2D eigenvalue weighted by Gasteiger charge is -2.19. The fourth-order valence-corrected chi connectivity index (χ4v) is 1.98. The molecule has 1 heterocycles. The number of anilines is 3. The van der Waals surface area contributed by atoms with Crippen molar-refractivity contribution < 1.29 is 4.92 Å². The first-order valence-electron chi connectivity index (χ1n) is 6.63. The van der Waals surface area contributed by atoms with Gasteiger partial charge in [0.1, 0.15) is 6.20 Å². The van der Waals surface area contributed by atoms with Crippen molar-refractivity contribution in [1.82, 2.24) is 9.97 Å². The Morgan fingerprint density at radius 1 is 1.32 bits per heavy atom. The number of hydrogen-bond acceptors (Lipinski definition) is 7. The SMILES string of the molecule is CN(C)c1cccc(CN(C)c2ncc([N+](=O)[O-])c(N)n2)c1. The van der Waals surface area contributed by atoms with Crippen molar-refractivity contribution in [2.75, 3.05) is 36.7 Å². The molecule has 0 aliphatic rings. The summed E-state index contributed by atoms with van der Waals surface area (Å²) < 4.78 is 0. The Kier molecular flexibility index (Phi) is 4.40. The zero-order chi connectivity index (χ0) is 16.3. The first-order valence-corrected chi connectivity index (χ1v) is 6.63. The van der Waals surface area contributed by atoms with Crippen LogP contribution in [-0.2, 0) is 6.54 Å². The molecule has 0 aliphatic heterocycles. The molecule has 22 heavy (non-hydrogen) atoms. The van der Waals surface area contributed by atoms with E-state index >= 15 is 0 Å². The van der Waals surface area contributed by atoms with Crippen molar-refractivity contribution in [3.63, 3.8) is 0 Å². The predicted octanol–water partition coefficient (Wildman–Crippen LogP) is 1.67. The summed E-state index contributed by atoms with van der Waals surface area (Å²) in [6.07, 6.45) is 1.13. The summed E-state index contributed by atoms with van der Waals surface area (Å²) in [6, 6.07) is 8.05. The van der Waals surface area contributed by atoms with Crippen LogP contribution in [0.1, 0.15) is 5.56 Å². The summed E-state index contributed by atoms with van der Waals surface area (Å²) in [7, 11) is 5.76. The molecule has 0 saturated carbocycles. The Morgan fingerprint density at radius 2 is 2.05 bits per heavy atom. The van der Waals surface area contributed by atoms with Crippen molar-refractivity contribution in [1.29, 1.82) is 0 Å². The minimum atomic E-state index is -0.598. The topological polar surface area (TPSA) is 101 Å². The number of benzene rings is 1. The average Bonchev–Trinajstić information content (AvgIpc) is 2.46. The summed E-state index contributed by atoms with van der Waals surface area (Å²) in [4.78, 5) is 21.9. The Morgan fingerprint density at radius 3 is 2.64 bits per heavy atom.